The molecule has 0 unspecified atom stereocenters. The Labute approximate surface area is 303 Å². The fourth-order valence-corrected chi connectivity index (χ4v) is 7.05. The van der Waals surface area contributed by atoms with E-state index in [0.717, 1.165) is 16.7 Å². The number of methoxy groups -OCH3 is 4. The number of rotatable bonds is 17. The summed E-state index contributed by atoms with van der Waals surface area (Å²) in [5, 5.41) is 62.5. The third-order valence-corrected chi connectivity index (χ3v) is 9.92. The predicted octanol–water partition coefficient (Wildman–Crippen LogP) is 5.31. The minimum atomic E-state index is -0.590. The zero-order valence-electron chi connectivity index (χ0n) is 29.8. The molecule has 1 fully saturated rings. The van der Waals surface area contributed by atoms with Crippen molar-refractivity contribution in [2.45, 2.75) is 25.0 Å². The molecule has 1 heterocycles. The molecule has 6 N–H and O–H groups in total. The summed E-state index contributed by atoms with van der Waals surface area (Å²) >= 11 is 0. The first-order chi connectivity index (χ1) is 25.1. The summed E-state index contributed by atoms with van der Waals surface area (Å²) in [6.07, 6.45) is -0.221. The van der Waals surface area contributed by atoms with Crippen molar-refractivity contribution < 1.29 is 59.1 Å². The second-order valence-corrected chi connectivity index (χ2v) is 13.0. The van der Waals surface area contributed by atoms with Gasteiger partial charge in [0.25, 0.3) is 0 Å². The SMILES string of the molecule is COc1cc(C[C@H](CO)[C@@H](COC[C@@H]2[C@@H](CO)[C@H](c3ccc(O)c(OC)c3)O[C@H]2c2ccc(O)c(OC)c2)Cc2ccc(O)c(OC)c2)ccc1O. The van der Waals surface area contributed by atoms with Gasteiger partial charge in [0.2, 0.25) is 0 Å². The number of aromatic hydroxyl groups is 4. The van der Waals surface area contributed by atoms with Crippen molar-refractivity contribution in [3.63, 3.8) is 0 Å². The topological polar surface area (TPSA) is 177 Å². The summed E-state index contributed by atoms with van der Waals surface area (Å²) in [6, 6.07) is 20.2. The van der Waals surface area contributed by atoms with E-state index < -0.39 is 18.1 Å². The molecule has 0 saturated carbocycles. The first kappa shape index (κ1) is 38.4. The Morgan fingerprint density at radius 1 is 0.558 bits per heavy atom. The van der Waals surface area contributed by atoms with Crippen LogP contribution in [0.25, 0.3) is 0 Å². The van der Waals surface area contributed by atoms with Crippen molar-refractivity contribution >= 4 is 0 Å². The lowest BCUT2D eigenvalue weighted by Crippen LogP contribution is -2.30. The van der Waals surface area contributed by atoms with Gasteiger partial charge in [-0.2, -0.15) is 0 Å². The molecule has 6 atom stereocenters. The Bertz CT molecular complexity index is 1780. The minimum absolute atomic E-state index is 0.0166. The number of ether oxygens (including phenoxy) is 6. The number of benzene rings is 4. The van der Waals surface area contributed by atoms with E-state index in [1.165, 1.54) is 40.6 Å². The van der Waals surface area contributed by atoms with Crippen LogP contribution in [-0.2, 0) is 22.3 Å². The van der Waals surface area contributed by atoms with Crippen LogP contribution in [0.5, 0.6) is 46.0 Å². The van der Waals surface area contributed by atoms with Gasteiger partial charge in [0.1, 0.15) is 0 Å². The molecule has 0 aromatic heterocycles. The minimum Gasteiger partial charge on any atom is -0.504 e. The summed E-state index contributed by atoms with van der Waals surface area (Å²) < 4.78 is 34.6. The third kappa shape index (κ3) is 8.59. The van der Waals surface area contributed by atoms with Gasteiger partial charge in [-0.3, -0.25) is 0 Å². The number of aliphatic hydroxyl groups excluding tert-OH is 2. The zero-order valence-corrected chi connectivity index (χ0v) is 29.8. The Morgan fingerprint density at radius 3 is 1.42 bits per heavy atom. The monoisotopic (exact) mass is 720 g/mol. The second-order valence-electron chi connectivity index (χ2n) is 13.0. The lowest BCUT2D eigenvalue weighted by Gasteiger charge is -2.28. The maximum Gasteiger partial charge on any atom is 0.160 e. The Morgan fingerprint density at radius 2 is 0.981 bits per heavy atom. The molecule has 1 saturated heterocycles. The molecule has 12 nitrogen and oxygen atoms in total. The smallest absolute Gasteiger partial charge is 0.160 e. The van der Waals surface area contributed by atoms with E-state index in [2.05, 4.69) is 0 Å². The predicted molar refractivity (Wildman–Crippen MR) is 192 cm³/mol. The molecular weight excluding hydrogens is 672 g/mol. The van der Waals surface area contributed by atoms with Crippen LogP contribution in [0.2, 0.25) is 0 Å². The van der Waals surface area contributed by atoms with Crippen molar-refractivity contribution in [3.8, 4) is 46.0 Å². The molecule has 0 radical (unpaired) electrons. The zero-order chi connectivity index (χ0) is 37.4. The van der Waals surface area contributed by atoms with E-state index >= 15 is 0 Å². The molecule has 0 spiro atoms. The molecule has 5 rings (SSSR count). The van der Waals surface area contributed by atoms with Gasteiger partial charge < -0.3 is 59.1 Å². The van der Waals surface area contributed by atoms with Crippen molar-refractivity contribution in [1.82, 2.24) is 0 Å². The highest BCUT2D eigenvalue weighted by molar-refractivity contribution is 5.45. The largest absolute Gasteiger partial charge is 0.504 e. The van der Waals surface area contributed by atoms with Crippen LogP contribution < -0.4 is 18.9 Å². The molecule has 0 aliphatic carbocycles. The van der Waals surface area contributed by atoms with Crippen LogP contribution >= 0.6 is 0 Å². The summed E-state index contributed by atoms with van der Waals surface area (Å²) in [4.78, 5) is 0. The van der Waals surface area contributed by atoms with Gasteiger partial charge in [-0.25, -0.2) is 0 Å². The van der Waals surface area contributed by atoms with E-state index in [0.29, 0.717) is 29.9 Å². The normalized spacial score (nSPS) is 19.6. The van der Waals surface area contributed by atoms with Crippen molar-refractivity contribution in [2.24, 2.45) is 23.7 Å². The average molecular weight is 721 g/mol. The molecule has 280 valence electrons. The number of hydrogen-bond donors (Lipinski definition) is 6. The quantitative estimate of drug-likeness (QED) is 0.0831. The van der Waals surface area contributed by atoms with Gasteiger partial charge in [-0.15, -0.1) is 0 Å². The number of phenols is 4. The summed E-state index contributed by atoms with van der Waals surface area (Å²) in [7, 11) is 5.89. The lowest BCUT2D eigenvalue weighted by atomic mass is 9.82. The fourth-order valence-electron chi connectivity index (χ4n) is 7.05. The molecule has 4 aromatic rings. The number of hydrogen-bond acceptors (Lipinski definition) is 12. The molecule has 4 aromatic carbocycles. The van der Waals surface area contributed by atoms with Gasteiger partial charge in [0.05, 0.1) is 53.9 Å². The number of aliphatic hydroxyl groups is 2. The Balaban J connectivity index is 1.44. The molecule has 1 aliphatic rings. The van der Waals surface area contributed by atoms with Crippen LogP contribution in [0.15, 0.2) is 72.8 Å². The first-order valence-electron chi connectivity index (χ1n) is 17.0. The second kappa shape index (κ2) is 17.6. The summed E-state index contributed by atoms with van der Waals surface area (Å²) in [5.74, 6) is -0.102. The summed E-state index contributed by atoms with van der Waals surface area (Å²) in [5.41, 5.74) is 3.16. The molecule has 0 bridgehead atoms. The first-order valence-corrected chi connectivity index (χ1v) is 17.0. The van der Waals surface area contributed by atoms with Crippen LogP contribution in [0.1, 0.15) is 34.5 Å². The highest BCUT2D eigenvalue weighted by Crippen LogP contribution is 2.51. The van der Waals surface area contributed by atoms with E-state index in [4.69, 9.17) is 28.4 Å². The molecule has 12 heteroatoms. The van der Waals surface area contributed by atoms with Crippen LogP contribution in [-0.4, -0.2) is 85.5 Å². The molecular formula is C40H48O12. The van der Waals surface area contributed by atoms with Gasteiger partial charge in [0, 0.05) is 25.0 Å². The lowest BCUT2D eigenvalue weighted by molar-refractivity contribution is 0.000238. The van der Waals surface area contributed by atoms with Gasteiger partial charge >= 0.3 is 0 Å². The molecule has 0 amide bonds. The van der Waals surface area contributed by atoms with Crippen LogP contribution in [0, 0.1) is 23.7 Å². The maximum absolute atomic E-state index is 10.8. The standard InChI is InChI=1S/C40H48O12/c1-47-35-15-23(5-9-31(35)43)13-27(19-41)28(14-24-6-10-32(44)36(16-24)48-2)21-51-22-30-29(20-42)39(25-7-11-33(45)37(17-25)49-3)52-40(30)26-8-12-34(46)38(18-26)50-4/h5-12,15-18,27-30,39-46H,13-14,19-22H2,1-4H3/t27-,28-,29-,30-,39+,40+/m1/s1. The average Bonchev–Trinajstić information content (AvgIpc) is 3.53. The van der Waals surface area contributed by atoms with Crippen LogP contribution in [0.4, 0.5) is 0 Å². The van der Waals surface area contributed by atoms with Gasteiger partial charge in [-0.1, -0.05) is 24.3 Å². The Hall–Kier alpha value is -4.88. The van der Waals surface area contributed by atoms with E-state index in [9.17, 15) is 30.6 Å². The summed E-state index contributed by atoms with van der Waals surface area (Å²) in [6.45, 7) is 0.0121. The third-order valence-electron chi connectivity index (χ3n) is 9.92. The van der Waals surface area contributed by atoms with E-state index in [1.807, 2.05) is 0 Å². The fraction of sp³-hybridized carbons (Fsp3) is 0.400. The van der Waals surface area contributed by atoms with Crippen molar-refractivity contribution in [1.29, 1.82) is 0 Å². The van der Waals surface area contributed by atoms with E-state index in [1.54, 1.807) is 60.7 Å². The molecule has 1 aliphatic heterocycles. The molecule has 52 heavy (non-hydrogen) atoms. The maximum atomic E-state index is 10.8. The van der Waals surface area contributed by atoms with Gasteiger partial charge in [0.15, 0.2) is 46.0 Å². The highest BCUT2D eigenvalue weighted by Gasteiger charge is 2.46. The highest BCUT2D eigenvalue weighted by atomic mass is 16.5. The van der Waals surface area contributed by atoms with Crippen molar-refractivity contribution in [2.75, 3.05) is 54.9 Å². The van der Waals surface area contributed by atoms with Crippen molar-refractivity contribution in [3.05, 3.63) is 95.1 Å². The van der Waals surface area contributed by atoms with E-state index in [-0.39, 0.29) is 78.7 Å². The van der Waals surface area contributed by atoms with Crippen LogP contribution in [0.3, 0.4) is 0 Å². The number of phenolic OH excluding ortho intramolecular Hbond substituents is 4. The van der Waals surface area contributed by atoms with Gasteiger partial charge in [-0.05, 0) is 95.5 Å². The Kier molecular flexibility index (Phi) is 13.0.